The number of aryl methyl sites for hydroxylation is 1. The minimum absolute atomic E-state index is 0.0246. The van der Waals surface area contributed by atoms with E-state index in [1.54, 1.807) is 17.3 Å². The van der Waals surface area contributed by atoms with Gasteiger partial charge in [-0.1, -0.05) is 25.1 Å². The number of amides is 2. The largest absolute Gasteiger partial charge is 0.323 e. The van der Waals surface area contributed by atoms with E-state index >= 15 is 0 Å². The number of anilines is 2. The smallest absolute Gasteiger partial charge is 0.229 e. The van der Waals surface area contributed by atoms with E-state index in [0.717, 1.165) is 22.7 Å². The molecule has 4 rings (SSSR count). The van der Waals surface area contributed by atoms with Crippen LogP contribution in [0.25, 0.3) is 10.7 Å². The predicted molar refractivity (Wildman–Crippen MR) is 105 cm³/mol. The maximum absolute atomic E-state index is 12.8. The molecule has 1 aliphatic heterocycles. The first-order chi connectivity index (χ1) is 13.2. The number of para-hydroxylation sites is 1. The number of nitrogens with one attached hydrogen (secondary N) is 2. The molecular weight excluding hydrogens is 362 g/mol. The third kappa shape index (κ3) is 3.35. The molecule has 1 fully saturated rings. The van der Waals surface area contributed by atoms with E-state index in [-0.39, 0.29) is 18.2 Å². The van der Waals surface area contributed by atoms with Crippen LogP contribution in [0.4, 0.5) is 11.4 Å². The Labute approximate surface area is 160 Å². The van der Waals surface area contributed by atoms with Crippen LogP contribution < -0.4 is 10.2 Å². The first-order valence-electron chi connectivity index (χ1n) is 8.79. The third-order valence-corrected chi connectivity index (χ3v) is 5.49. The molecule has 1 saturated heterocycles. The fraction of sp³-hybridized carbons (Fsp3) is 0.263. The van der Waals surface area contributed by atoms with Gasteiger partial charge in [-0.25, -0.2) is 4.98 Å². The first-order valence-corrected chi connectivity index (χ1v) is 9.67. The maximum atomic E-state index is 12.8. The van der Waals surface area contributed by atoms with Crippen molar-refractivity contribution in [2.45, 2.75) is 19.8 Å². The summed E-state index contributed by atoms with van der Waals surface area (Å²) < 4.78 is 0. The number of thiazole rings is 1. The highest BCUT2D eigenvalue weighted by atomic mass is 32.1. The minimum atomic E-state index is -0.401. The van der Waals surface area contributed by atoms with Gasteiger partial charge >= 0.3 is 0 Å². The summed E-state index contributed by atoms with van der Waals surface area (Å²) in [7, 11) is 0. The molecule has 27 heavy (non-hydrogen) atoms. The molecular formula is C19H19N5O2S. The van der Waals surface area contributed by atoms with Gasteiger partial charge in [0.1, 0.15) is 10.7 Å². The fourth-order valence-electron chi connectivity index (χ4n) is 3.31. The Morgan fingerprint density at radius 2 is 2.26 bits per heavy atom. The van der Waals surface area contributed by atoms with E-state index in [1.807, 2.05) is 29.6 Å². The molecule has 0 aliphatic carbocycles. The molecule has 0 spiro atoms. The number of carbonyl (C=O) groups is 2. The van der Waals surface area contributed by atoms with Crippen molar-refractivity contribution in [1.29, 1.82) is 0 Å². The molecule has 3 heterocycles. The second-order valence-electron chi connectivity index (χ2n) is 6.37. The molecule has 7 nitrogen and oxygen atoms in total. The van der Waals surface area contributed by atoms with Crippen LogP contribution in [0.3, 0.4) is 0 Å². The van der Waals surface area contributed by atoms with Gasteiger partial charge in [-0.05, 0) is 18.1 Å². The molecule has 1 aliphatic rings. The second-order valence-corrected chi connectivity index (χ2v) is 7.27. The highest BCUT2D eigenvalue weighted by molar-refractivity contribution is 7.13. The summed E-state index contributed by atoms with van der Waals surface area (Å²) in [5.74, 6) is -0.608. The van der Waals surface area contributed by atoms with Gasteiger partial charge in [0.25, 0.3) is 0 Å². The minimum Gasteiger partial charge on any atom is -0.323 e. The molecule has 3 aromatic rings. The van der Waals surface area contributed by atoms with E-state index in [9.17, 15) is 9.59 Å². The van der Waals surface area contributed by atoms with Gasteiger partial charge in [0.15, 0.2) is 0 Å². The van der Waals surface area contributed by atoms with Crippen molar-refractivity contribution in [3.05, 3.63) is 47.6 Å². The van der Waals surface area contributed by atoms with Crippen LogP contribution in [-0.2, 0) is 16.0 Å². The normalized spacial score (nSPS) is 16.7. The van der Waals surface area contributed by atoms with Gasteiger partial charge in [-0.3, -0.25) is 14.7 Å². The summed E-state index contributed by atoms with van der Waals surface area (Å²) in [6.45, 7) is 2.44. The summed E-state index contributed by atoms with van der Waals surface area (Å²) in [6.07, 6.45) is 4.30. The lowest BCUT2D eigenvalue weighted by molar-refractivity contribution is -0.122. The third-order valence-electron chi connectivity index (χ3n) is 4.70. The lowest BCUT2D eigenvalue weighted by Gasteiger charge is -2.19. The van der Waals surface area contributed by atoms with Crippen molar-refractivity contribution in [2.24, 2.45) is 5.92 Å². The Morgan fingerprint density at radius 1 is 1.41 bits per heavy atom. The van der Waals surface area contributed by atoms with E-state index in [2.05, 4.69) is 27.4 Å². The van der Waals surface area contributed by atoms with Gasteiger partial charge < -0.3 is 10.2 Å². The molecule has 0 saturated carbocycles. The average Bonchev–Trinajstić information content (AvgIpc) is 3.42. The van der Waals surface area contributed by atoms with Gasteiger partial charge in [-0.2, -0.15) is 5.10 Å². The Kier molecular flexibility index (Phi) is 4.72. The van der Waals surface area contributed by atoms with Crippen LogP contribution in [0.15, 0.2) is 42.0 Å². The van der Waals surface area contributed by atoms with Crippen molar-refractivity contribution < 1.29 is 9.59 Å². The highest BCUT2D eigenvalue weighted by Gasteiger charge is 2.36. The summed E-state index contributed by atoms with van der Waals surface area (Å²) >= 11 is 1.46. The number of hydrogen-bond acceptors (Lipinski definition) is 5. The standard InChI is InChI=1S/C19H19N5O2S/c1-2-12-5-3-4-6-15(12)24-11-13(9-16(24)25)18(26)22-14-10-21-23-17(14)19-20-7-8-27-19/h3-8,10,13H,2,9,11H2,1H3,(H,21,23)(H,22,26). The molecule has 8 heteroatoms. The molecule has 2 N–H and O–H groups in total. The average molecular weight is 381 g/mol. The molecule has 2 aromatic heterocycles. The summed E-state index contributed by atoms with van der Waals surface area (Å²) in [6, 6.07) is 7.84. The number of carbonyl (C=O) groups excluding carboxylic acids is 2. The van der Waals surface area contributed by atoms with E-state index in [0.29, 0.717) is 17.9 Å². The summed E-state index contributed by atoms with van der Waals surface area (Å²) in [5.41, 5.74) is 3.26. The molecule has 138 valence electrons. The maximum Gasteiger partial charge on any atom is 0.229 e. The molecule has 0 radical (unpaired) electrons. The number of nitrogens with zero attached hydrogens (tertiary/aromatic N) is 3. The topological polar surface area (TPSA) is 91.0 Å². The summed E-state index contributed by atoms with van der Waals surface area (Å²) in [5, 5.41) is 12.4. The molecule has 1 aromatic carbocycles. The zero-order chi connectivity index (χ0) is 18.8. The number of hydrogen-bond donors (Lipinski definition) is 2. The number of H-pyrrole nitrogens is 1. The predicted octanol–water partition coefficient (Wildman–Crippen LogP) is 3.09. The van der Waals surface area contributed by atoms with Gasteiger partial charge in [-0.15, -0.1) is 11.3 Å². The SMILES string of the molecule is CCc1ccccc1N1CC(C(=O)Nc2cn[nH]c2-c2nccs2)CC1=O. The van der Waals surface area contributed by atoms with Gasteiger partial charge in [0.05, 0.1) is 17.8 Å². The van der Waals surface area contributed by atoms with Crippen LogP contribution in [0.5, 0.6) is 0 Å². The number of aromatic nitrogens is 3. The monoisotopic (exact) mass is 381 g/mol. The van der Waals surface area contributed by atoms with Crippen molar-refractivity contribution in [3.8, 4) is 10.7 Å². The van der Waals surface area contributed by atoms with Gasteiger partial charge in [0, 0.05) is 30.2 Å². The second kappa shape index (κ2) is 7.32. The lowest BCUT2D eigenvalue weighted by Crippen LogP contribution is -2.28. The molecule has 2 amide bonds. The summed E-state index contributed by atoms with van der Waals surface area (Å²) in [4.78, 5) is 31.3. The molecule has 1 atom stereocenters. The zero-order valence-electron chi connectivity index (χ0n) is 14.8. The van der Waals surface area contributed by atoms with Crippen LogP contribution >= 0.6 is 11.3 Å². The van der Waals surface area contributed by atoms with Crippen LogP contribution in [0.2, 0.25) is 0 Å². The number of aromatic amines is 1. The highest BCUT2D eigenvalue weighted by Crippen LogP contribution is 2.31. The van der Waals surface area contributed by atoms with Crippen molar-refractivity contribution in [2.75, 3.05) is 16.8 Å². The quantitative estimate of drug-likeness (QED) is 0.710. The number of rotatable bonds is 5. The Hall–Kier alpha value is -3.00. The van der Waals surface area contributed by atoms with Crippen molar-refractivity contribution in [1.82, 2.24) is 15.2 Å². The molecule has 0 bridgehead atoms. The van der Waals surface area contributed by atoms with Crippen LogP contribution in [-0.4, -0.2) is 33.5 Å². The van der Waals surface area contributed by atoms with Crippen LogP contribution in [0.1, 0.15) is 18.9 Å². The Bertz CT molecular complexity index is 966. The lowest BCUT2D eigenvalue weighted by atomic mass is 10.1. The fourth-order valence-corrected chi connectivity index (χ4v) is 3.96. The zero-order valence-corrected chi connectivity index (χ0v) is 15.6. The Morgan fingerprint density at radius 3 is 3.04 bits per heavy atom. The van der Waals surface area contributed by atoms with E-state index in [1.165, 1.54) is 11.3 Å². The van der Waals surface area contributed by atoms with Crippen molar-refractivity contribution >= 4 is 34.5 Å². The van der Waals surface area contributed by atoms with Crippen LogP contribution in [0, 0.1) is 5.92 Å². The molecule has 1 unspecified atom stereocenters. The number of benzene rings is 1. The van der Waals surface area contributed by atoms with Crippen molar-refractivity contribution in [3.63, 3.8) is 0 Å². The first kappa shape index (κ1) is 17.4. The van der Waals surface area contributed by atoms with Gasteiger partial charge in [0.2, 0.25) is 11.8 Å². The Balaban J connectivity index is 1.50. The van der Waals surface area contributed by atoms with E-state index < -0.39 is 5.92 Å². The van der Waals surface area contributed by atoms with E-state index in [4.69, 9.17) is 0 Å².